The first kappa shape index (κ1) is 16.4. The third-order valence-electron chi connectivity index (χ3n) is 3.80. The molecule has 2 rings (SSSR count). The number of carbonyl (C=O) groups is 1. The lowest BCUT2D eigenvalue weighted by molar-refractivity contribution is -0.116. The van der Waals surface area contributed by atoms with Crippen LogP contribution in [0.15, 0.2) is 0 Å². The molecule has 0 aromatic carbocycles. The van der Waals surface area contributed by atoms with Crippen LogP contribution >= 0.6 is 11.3 Å². The predicted molar refractivity (Wildman–Crippen MR) is 84.0 cm³/mol. The second kappa shape index (κ2) is 6.41. The van der Waals surface area contributed by atoms with Crippen molar-refractivity contribution in [3.05, 3.63) is 10.6 Å². The third kappa shape index (κ3) is 4.24. The van der Waals surface area contributed by atoms with E-state index in [2.05, 4.69) is 17.2 Å². The summed E-state index contributed by atoms with van der Waals surface area (Å²) < 4.78 is 23.6. The van der Waals surface area contributed by atoms with Crippen LogP contribution in [0.3, 0.4) is 0 Å². The van der Waals surface area contributed by atoms with E-state index in [0.29, 0.717) is 11.0 Å². The molecule has 8 heteroatoms. The highest BCUT2D eigenvalue weighted by molar-refractivity contribution is 7.88. The summed E-state index contributed by atoms with van der Waals surface area (Å²) in [6.07, 6.45) is 5.38. The highest BCUT2D eigenvalue weighted by Gasteiger charge is 2.22. The number of nitrogens with one attached hydrogen (secondary N) is 1. The van der Waals surface area contributed by atoms with Crippen LogP contribution in [0.4, 0.5) is 5.13 Å². The molecule has 1 amide bonds. The molecule has 1 heterocycles. The van der Waals surface area contributed by atoms with Gasteiger partial charge in [-0.3, -0.25) is 4.79 Å². The average Bonchev–Trinajstić information content (AvgIpc) is 2.78. The Morgan fingerprint density at radius 2 is 2.24 bits per heavy atom. The van der Waals surface area contributed by atoms with Gasteiger partial charge in [0.25, 0.3) is 0 Å². The quantitative estimate of drug-likeness (QED) is 0.886. The van der Waals surface area contributed by atoms with Crippen LogP contribution in [0.25, 0.3) is 0 Å². The van der Waals surface area contributed by atoms with Gasteiger partial charge in [0, 0.05) is 11.9 Å². The zero-order valence-electron chi connectivity index (χ0n) is 12.5. The van der Waals surface area contributed by atoms with E-state index in [0.717, 1.165) is 41.9 Å². The van der Waals surface area contributed by atoms with Gasteiger partial charge in [-0.1, -0.05) is 13.3 Å². The Labute approximate surface area is 129 Å². The molecular formula is C13H21N3O3S2. The highest BCUT2D eigenvalue weighted by atomic mass is 32.2. The zero-order chi connectivity index (χ0) is 15.6. The van der Waals surface area contributed by atoms with Crippen molar-refractivity contribution in [3.63, 3.8) is 0 Å². The molecule has 0 saturated heterocycles. The van der Waals surface area contributed by atoms with Crippen LogP contribution < -0.4 is 5.32 Å². The maximum atomic E-state index is 11.9. The molecule has 1 N–H and O–H groups in total. The van der Waals surface area contributed by atoms with Gasteiger partial charge < -0.3 is 5.32 Å². The number of anilines is 1. The van der Waals surface area contributed by atoms with E-state index in [1.807, 2.05) is 0 Å². The largest absolute Gasteiger partial charge is 0.301 e. The van der Waals surface area contributed by atoms with E-state index in [-0.39, 0.29) is 12.5 Å². The van der Waals surface area contributed by atoms with Crippen molar-refractivity contribution in [1.29, 1.82) is 0 Å². The van der Waals surface area contributed by atoms with Gasteiger partial charge in [0.2, 0.25) is 15.9 Å². The van der Waals surface area contributed by atoms with Gasteiger partial charge in [-0.25, -0.2) is 13.4 Å². The Morgan fingerprint density at radius 1 is 1.52 bits per heavy atom. The second-order valence-corrected chi connectivity index (χ2v) is 8.65. The lowest BCUT2D eigenvalue weighted by Crippen LogP contribution is -2.34. The van der Waals surface area contributed by atoms with Crippen LogP contribution in [-0.2, 0) is 27.7 Å². The van der Waals surface area contributed by atoms with E-state index in [1.54, 1.807) is 0 Å². The molecule has 0 saturated carbocycles. The van der Waals surface area contributed by atoms with Crippen LogP contribution in [0, 0.1) is 5.92 Å². The van der Waals surface area contributed by atoms with Crippen molar-refractivity contribution in [2.24, 2.45) is 5.92 Å². The fraction of sp³-hybridized carbons (Fsp3) is 0.692. The number of likely N-dealkylation sites (N-methyl/N-ethyl adjacent to an activating group) is 1. The second-order valence-electron chi connectivity index (χ2n) is 5.47. The Kier molecular flexibility index (Phi) is 5.00. The number of thiazole rings is 1. The van der Waals surface area contributed by atoms with Crippen molar-refractivity contribution >= 4 is 32.4 Å². The van der Waals surface area contributed by atoms with E-state index in [9.17, 15) is 13.2 Å². The number of fused-ring (bicyclic) bond motifs is 1. The summed E-state index contributed by atoms with van der Waals surface area (Å²) in [6, 6.07) is 0. The number of hydrogen-bond donors (Lipinski definition) is 1. The molecule has 118 valence electrons. The molecule has 1 aromatic rings. The van der Waals surface area contributed by atoms with Crippen LogP contribution in [0.1, 0.15) is 30.3 Å². The molecule has 0 bridgehead atoms. The van der Waals surface area contributed by atoms with E-state index < -0.39 is 10.0 Å². The van der Waals surface area contributed by atoms with Crippen molar-refractivity contribution in [2.45, 2.75) is 32.6 Å². The summed E-state index contributed by atoms with van der Waals surface area (Å²) in [5.74, 6) is 0.346. The minimum Gasteiger partial charge on any atom is -0.301 e. The van der Waals surface area contributed by atoms with Crippen molar-refractivity contribution < 1.29 is 13.2 Å². The lowest BCUT2D eigenvalue weighted by atomic mass is 9.89. The Balaban J connectivity index is 1.98. The fourth-order valence-corrected chi connectivity index (χ4v) is 3.81. The summed E-state index contributed by atoms with van der Waals surface area (Å²) in [4.78, 5) is 17.5. The van der Waals surface area contributed by atoms with Gasteiger partial charge in [0.1, 0.15) is 0 Å². The maximum absolute atomic E-state index is 11.9. The topological polar surface area (TPSA) is 79.4 Å². The number of rotatable bonds is 5. The molecule has 1 atom stereocenters. The van der Waals surface area contributed by atoms with Crippen LogP contribution in [-0.4, -0.2) is 43.5 Å². The number of carbonyl (C=O) groups excluding carboxylic acids is 1. The zero-order valence-corrected chi connectivity index (χ0v) is 14.2. The number of aryl methyl sites for hydroxylation is 1. The Hall–Kier alpha value is -0.990. The third-order valence-corrected chi connectivity index (χ3v) is 6.09. The number of nitrogens with zero attached hydrogens (tertiary/aromatic N) is 2. The van der Waals surface area contributed by atoms with E-state index >= 15 is 0 Å². The lowest BCUT2D eigenvalue weighted by Gasteiger charge is -2.18. The van der Waals surface area contributed by atoms with Crippen molar-refractivity contribution in [1.82, 2.24) is 9.29 Å². The molecule has 1 aliphatic rings. The van der Waals surface area contributed by atoms with Gasteiger partial charge >= 0.3 is 0 Å². The maximum Gasteiger partial charge on any atom is 0.241 e. The first-order chi connectivity index (χ1) is 9.79. The highest BCUT2D eigenvalue weighted by Crippen LogP contribution is 2.33. The average molecular weight is 331 g/mol. The molecule has 0 fully saturated rings. The van der Waals surface area contributed by atoms with E-state index in [1.165, 1.54) is 23.3 Å². The number of hydrogen-bond acceptors (Lipinski definition) is 5. The SMILES string of the molecule is CCC1CCc2nc(NC(=O)CN(C)S(C)(=O)=O)sc2C1. The molecule has 1 unspecified atom stereocenters. The number of aromatic nitrogens is 1. The van der Waals surface area contributed by atoms with Gasteiger partial charge in [-0.15, -0.1) is 11.3 Å². The summed E-state index contributed by atoms with van der Waals surface area (Å²) >= 11 is 1.51. The van der Waals surface area contributed by atoms with Crippen molar-refractivity contribution in [3.8, 4) is 0 Å². The normalized spacial score (nSPS) is 18.6. The standard InChI is InChI=1S/C13H21N3O3S2/c1-4-9-5-6-10-11(7-9)20-13(14-10)15-12(17)8-16(2)21(3,18)19/h9H,4-8H2,1-3H3,(H,14,15,17). The minimum atomic E-state index is -3.35. The fourth-order valence-electron chi connectivity index (χ4n) is 2.32. The van der Waals surface area contributed by atoms with Gasteiger partial charge in [-0.05, 0) is 25.2 Å². The van der Waals surface area contributed by atoms with Gasteiger partial charge in [0.05, 0.1) is 18.5 Å². The molecule has 21 heavy (non-hydrogen) atoms. The number of amides is 1. The van der Waals surface area contributed by atoms with Crippen molar-refractivity contribution in [2.75, 3.05) is 25.2 Å². The minimum absolute atomic E-state index is 0.194. The van der Waals surface area contributed by atoms with Gasteiger partial charge in [0.15, 0.2) is 5.13 Å². The molecular weight excluding hydrogens is 310 g/mol. The molecule has 1 aliphatic carbocycles. The predicted octanol–water partition coefficient (Wildman–Crippen LogP) is 1.49. The first-order valence-corrected chi connectivity index (χ1v) is 9.65. The summed E-state index contributed by atoms with van der Waals surface area (Å²) in [7, 11) is -1.97. The molecule has 0 aliphatic heterocycles. The molecule has 0 spiro atoms. The van der Waals surface area contributed by atoms with Gasteiger partial charge in [-0.2, -0.15) is 4.31 Å². The Bertz CT molecular complexity index is 625. The first-order valence-electron chi connectivity index (χ1n) is 6.99. The van der Waals surface area contributed by atoms with E-state index in [4.69, 9.17) is 0 Å². The smallest absolute Gasteiger partial charge is 0.241 e. The molecule has 1 aromatic heterocycles. The number of sulfonamides is 1. The summed E-state index contributed by atoms with van der Waals surface area (Å²) in [5, 5.41) is 3.27. The summed E-state index contributed by atoms with van der Waals surface area (Å²) in [6.45, 7) is 2.00. The summed E-state index contributed by atoms with van der Waals surface area (Å²) in [5.41, 5.74) is 1.08. The van der Waals surface area contributed by atoms with Crippen LogP contribution in [0.5, 0.6) is 0 Å². The monoisotopic (exact) mass is 331 g/mol. The van der Waals surface area contributed by atoms with Crippen LogP contribution in [0.2, 0.25) is 0 Å². The Morgan fingerprint density at radius 3 is 2.86 bits per heavy atom. The molecule has 6 nitrogen and oxygen atoms in total. The molecule has 0 radical (unpaired) electrons.